The van der Waals surface area contributed by atoms with Crippen LogP contribution in [0.15, 0.2) is 46.9 Å². The summed E-state index contributed by atoms with van der Waals surface area (Å²) in [6.07, 6.45) is 4.67. The van der Waals surface area contributed by atoms with E-state index in [-0.39, 0.29) is 11.8 Å². The number of carbonyl (C=O) groups is 2. The fraction of sp³-hybridized carbons (Fsp3) is 0.238. The predicted molar refractivity (Wildman–Crippen MR) is 111 cm³/mol. The van der Waals surface area contributed by atoms with E-state index in [0.717, 1.165) is 34.3 Å². The Labute approximate surface area is 167 Å². The van der Waals surface area contributed by atoms with Gasteiger partial charge in [0.2, 0.25) is 11.8 Å². The molecule has 3 rings (SSSR count). The van der Waals surface area contributed by atoms with Crippen LogP contribution >= 0.6 is 15.9 Å². The molecule has 0 unspecified atom stereocenters. The van der Waals surface area contributed by atoms with Crippen LogP contribution in [-0.2, 0) is 9.59 Å². The molecule has 2 aromatic rings. The molecule has 1 fully saturated rings. The molecule has 0 atom stereocenters. The van der Waals surface area contributed by atoms with Gasteiger partial charge in [0.15, 0.2) is 0 Å². The van der Waals surface area contributed by atoms with E-state index in [9.17, 15) is 9.59 Å². The Balaban J connectivity index is 1.70. The highest BCUT2D eigenvalue weighted by Gasteiger charge is 2.22. The standard InChI is InChI=1S/C21H21BrN2O3/c1-14-12-17(7-8-18(14)24-11-3-4-21(24)26)23-20(25)10-5-15-13-16(22)6-9-19(15)27-2/h5-10,12-13H,3-4,11H2,1-2H3,(H,23,25)/b10-5+. The summed E-state index contributed by atoms with van der Waals surface area (Å²) < 4.78 is 6.21. The fourth-order valence-electron chi connectivity index (χ4n) is 3.12. The number of amides is 2. The molecule has 0 aliphatic carbocycles. The number of carbonyl (C=O) groups excluding carboxylic acids is 2. The van der Waals surface area contributed by atoms with E-state index in [1.165, 1.54) is 6.08 Å². The van der Waals surface area contributed by atoms with Gasteiger partial charge >= 0.3 is 0 Å². The molecule has 0 spiro atoms. The smallest absolute Gasteiger partial charge is 0.248 e. The van der Waals surface area contributed by atoms with Gasteiger partial charge in [-0.25, -0.2) is 0 Å². The lowest BCUT2D eigenvalue weighted by Gasteiger charge is -2.19. The van der Waals surface area contributed by atoms with Crippen molar-refractivity contribution in [3.63, 3.8) is 0 Å². The summed E-state index contributed by atoms with van der Waals surface area (Å²) in [7, 11) is 1.59. The van der Waals surface area contributed by atoms with Crippen LogP contribution in [-0.4, -0.2) is 25.5 Å². The van der Waals surface area contributed by atoms with Gasteiger partial charge in [-0.05, 0) is 61.4 Å². The number of aryl methyl sites for hydroxylation is 1. The Kier molecular flexibility index (Phi) is 5.96. The molecule has 0 bridgehead atoms. The lowest BCUT2D eigenvalue weighted by Crippen LogP contribution is -2.24. The molecule has 1 aliphatic rings. The van der Waals surface area contributed by atoms with Crippen molar-refractivity contribution in [3.05, 3.63) is 58.1 Å². The highest BCUT2D eigenvalue weighted by Crippen LogP contribution is 2.28. The number of benzene rings is 2. The summed E-state index contributed by atoms with van der Waals surface area (Å²) in [5.74, 6) is 0.611. The molecular weight excluding hydrogens is 408 g/mol. The number of hydrogen-bond acceptors (Lipinski definition) is 3. The lowest BCUT2D eigenvalue weighted by molar-refractivity contribution is -0.117. The summed E-state index contributed by atoms with van der Waals surface area (Å²) in [5.41, 5.74) is 3.37. The van der Waals surface area contributed by atoms with Gasteiger partial charge in [-0.1, -0.05) is 15.9 Å². The largest absolute Gasteiger partial charge is 0.496 e. The number of nitrogens with zero attached hydrogens (tertiary/aromatic N) is 1. The van der Waals surface area contributed by atoms with Crippen molar-refractivity contribution in [1.82, 2.24) is 0 Å². The van der Waals surface area contributed by atoms with Crippen LogP contribution in [0.25, 0.3) is 6.08 Å². The SMILES string of the molecule is COc1ccc(Br)cc1/C=C/C(=O)Nc1ccc(N2CCCC2=O)c(C)c1. The molecular formula is C21H21BrN2O3. The number of rotatable bonds is 5. The first-order valence-electron chi connectivity index (χ1n) is 8.71. The number of halogens is 1. The second-order valence-electron chi connectivity index (χ2n) is 6.36. The van der Waals surface area contributed by atoms with Gasteiger partial charge in [-0.2, -0.15) is 0 Å². The maximum Gasteiger partial charge on any atom is 0.248 e. The molecule has 140 valence electrons. The number of hydrogen-bond donors (Lipinski definition) is 1. The maximum atomic E-state index is 12.3. The van der Waals surface area contributed by atoms with Crippen LogP contribution in [0.2, 0.25) is 0 Å². The first kappa shape index (κ1) is 19.2. The van der Waals surface area contributed by atoms with E-state index in [1.54, 1.807) is 18.1 Å². The molecule has 6 heteroatoms. The molecule has 5 nitrogen and oxygen atoms in total. The molecule has 0 aromatic heterocycles. The van der Waals surface area contributed by atoms with Crippen LogP contribution in [0, 0.1) is 6.92 Å². The van der Waals surface area contributed by atoms with Crippen LogP contribution in [0.4, 0.5) is 11.4 Å². The van der Waals surface area contributed by atoms with E-state index in [2.05, 4.69) is 21.2 Å². The molecule has 1 saturated heterocycles. The lowest BCUT2D eigenvalue weighted by atomic mass is 10.1. The Hall–Kier alpha value is -2.60. The third-order valence-corrected chi connectivity index (χ3v) is 4.93. The number of nitrogens with one attached hydrogen (secondary N) is 1. The quantitative estimate of drug-likeness (QED) is 0.710. The maximum absolute atomic E-state index is 12.3. The second kappa shape index (κ2) is 8.39. The minimum Gasteiger partial charge on any atom is -0.496 e. The third kappa shape index (κ3) is 4.57. The highest BCUT2D eigenvalue weighted by atomic mass is 79.9. The number of methoxy groups -OCH3 is 1. The molecule has 1 heterocycles. The topological polar surface area (TPSA) is 58.6 Å². The predicted octanol–water partition coefficient (Wildman–Crippen LogP) is 4.54. The molecule has 0 saturated carbocycles. The van der Waals surface area contributed by atoms with Crippen LogP contribution < -0.4 is 15.0 Å². The summed E-state index contributed by atoms with van der Waals surface area (Å²) >= 11 is 3.42. The Bertz CT molecular complexity index is 908. The normalized spacial score (nSPS) is 14.0. The minimum atomic E-state index is -0.235. The number of ether oxygens (including phenoxy) is 1. The van der Waals surface area contributed by atoms with Crippen molar-refractivity contribution in [2.75, 3.05) is 23.9 Å². The zero-order chi connectivity index (χ0) is 19.4. The monoisotopic (exact) mass is 428 g/mol. The van der Waals surface area contributed by atoms with Crippen LogP contribution in [0.1, 0.15) is 24.0 Å². The van der Waals surface area contributed by atoms with Crippen molar-refractivity contribution < 1.29 is 14.3 Å². The van der Waals surface area contributed by atoms with E-state index in [0.29, 0.717) is 17.9 Å². The average molecular weight is 429 g/mol. The van der Waals surface area contributed by atoms with Crippen molar-refractivity contribution in [1.29, 1.82) is 0 Å². The van der Waals surface area contributed by atoms with Gasteiger partial charge in [-0.15, -0.1) is 0 Å². The van der Waals surface area contributed by atoms with Gasteiger partial charge in [0.1, 0.15) is 5.75 Å². The zero-order valence-corrected chi connectivity index (χ0v) is 16.9. The van der Waals surface area contributed by atoms with Gasteiger partial charge in [0, 0.05) is 40.5 Å². The molecule has 0 radical (unpaired) electrons. The molecule has 2 amide bonds. The van der Waals surface area contributed by atoms with E-state index in [1.807, 2.05) is 43.3 Å². The Morgan fingerprint density at radius 2 is 2.07 bits per heavy atom. The van der Waals surface area contributed by atoms with Gasteiger partial charge in [0.05, 0.1) is 7.11 Å². The van der Waals surface area contributed by atoms with Gasteiger partial charge < -0.3 is 15.0 Å². The summed E-state index contributed by atoms with van der Waals surface area (Å²) in [6, 6.07) is 11.2. The van der Waals surface area contributed by atoms with Crippen molar-refractivity contribution >= 4 is 45.2 Å². The summed E-state index contributed by atoms with van der Waals surface area (Å²) in [5, 5.41) is 2.85. The third-order valence-electron chi connectivity index (χ3n) is 4.43. The zero-order valence-electron chi connectivity index (χ0n) is 15.3. The first-order chi connectivity index (χ1) is 13.0. The molecule has 1 aliphatic heterocycles. The van der Waals surface area contributed by atoms with Gasteiger partial charge in [0.25, 0.3) is 0 Å². The molecule has 27 heavy (non-hydrogen) atoms. The summed E-state index contributed by atoms with van der Waals surface area (Å²) in [6.45, 7) is 2.70. The van der Waals surface area contributed by atoms with Crippen LogP contribution in [0.5, 0.6) is 5.75 Å². The Morgan fingerprint density at radius 1 is 1.26 bits per heavy atom. The van der Waals surface area contributed by atoms with Crippen LogP contribution in [0.3, 0.4) is 0 Å². The van der Waals surface area contributed by atoms with E-state index < -0.39 is 0 Å². The fourth-order valence-corrected chi connectivity index (χ4v) is 3.50. The Morgan fingerprint density at radius 3 is 2.74 bits per heavy atom. The minimum absolute atomic E-state index is 0.154. The average Bonchev–Trinajstić information content (AvgIpc) is 3.06. The highest BCUT2D eigenvalue weighted by molar-refractivity contribution is 9.10. The molecule has 1 N–H and O–H groups in total. The van der Waals surface area contributed by atoms with Gasteiger partial charge in [-0.3, -0.25) is 9.59 Å². The van der Waals surface area contributed by atoms with Crippen molar-refractivity contribution in [3.8, 4) is 5.75 Å². The number of anilines is 2. The van der Waals surface area contributed by atoms with E-state index >= 15 is 0 Å². The molecule has 2 aromatic carbocycles. The first-order valence-corrected chi connectivity index (χ1v) is 9.51. The van der Waals surface area contributed by atoms with Crippen molar-refractivity contribution in [2.45, 2.75) is 19.8 Å². The van der Waals surface area contributed by atoms with Crippen molar-refractivity contribution in [2.24, 2.45) is 0 Å². The van der Waals surface area contributed by atoms with E-state index in [4.69, 9.17) is 4.74 Å². The second-order valence-corrected chi connectivity index (χ2v) is 7.27. The summed E-state index contributed by atoms with van der Waals surface area (Å²) in [4.78, 5) is 26.0.